The molecule has 10 heteroatoms. The molecule has 0 aliphatic heterocycles. The molecule has 0 spiro atoms. The Labute approximate surface area is 222 Å². The molecule has 2 aromatic rings. The minimum atomic E-state index is -1.37. The number of carbonyl (C=O) groups excluding carboxylic acids is 4. The third-order valence-electron chi connectivity index (χ3n) is 6.08. The van der Waals surface area contributed by atoms with Crippen LogP contribution in [0.25, 0.3) is 0 Å². The molecule has 2 atom stereocenters. The van der Waals surface area contributed by atoms with E-state index in [-0.39, 0.29) is 17.4 Å². The molecule has 2 aromatic carbocycles. The van der Waals surface area contributed by atoms with Crippen molar-refractivity contribution in [3.8, 4) is 5.75 Å². The van der Waals surface area contributed by atoms with Gasteiger partial charge in [-0.25, -0.2) is 4.79 Å². The van der Waals surface area contributed by atoms with Crippen molar-refractivity contribution in [1.29, 1.82) is 0 Å². The number of nitrogens with zero attached hydrogens (tertiary/aromatic N) is 1. The Morgan fingerprint density at radius 3 is 2.26 bits per heavy atom. The summed E-state index contributed by atoms with van der Waals surface area (Å²) < 4.78 is 5.28. The number of ether oxygens (including phenoxy) is 1. The summed E-state index contributed by atoms with van der Waals surface area (Å²) in [6.07, 6.45) is -0.162. The molecule has 38 heavy (non-hydrogen) atoms. The standard InChI is InChI=1S/C28H36N4O6/c1-16-9-6-7-12-20(16)30-25(35)23(19-11-8-10-17(2)24(19)34)32(18-13-14-18)26(36)21(15-22(29)33)31-27(37)38-28(3,4)5/h6-12,18,21,23,34H,13-15H2,1-5H3,(H2,29,33)(H,30,35)(H,31,37). The van der Waals surface area contributed by atoms with E-state index in [4.69, 9.17) is 10.5 Å². The van der Waals surface area contributed by atoms with Crippen molar-refractivity contribution in [2.75, 3.05) is 5.32 Å². The second-order valence-electron chi connectivity index (χ2n) is 10.6. The molecular formula is C28H36N4O6. The van der Waals surface area contributed by atoms with Crippen molar-refractivity contribution in [2.45, 2.75) is 77.6 Å². The Bertz CT molecular complexity index is 1220. The number of amides is 4. The third-order valence-corrected chi connectivity index (χ3v) is 6.08. The second kappa shape index (κ2) is 11.5. The first-order valence-electron chi connectivity index (χ1n) is 12.5. The van der Waals surface area contributed by atoms with Crippen LogP contribution < -0.4 is 16.4 Å². The number of carbonyl (C=O) groups is 4. The van der Waals surface area contributed by atoms with E-state index in [1.165, 1.54) is 4.90 Å². The number of primary amides is 1. The van der Waals surface area contributed by atoms with Gasteiger partial charge in [-0.1, -0.05) is 36.4 Å². The first-order valence-corrected chi connectivity index (χ1v) is 12.5. The molecule has 0 radical (unpaired) electrons. The third kappa shape index (κ3) is 7.24. The number of nitrogens with one attached hydrogen (secondary N) is 2. The lowest BCUT2D eigenvalue weighted by Gasteiger charge is -2.35. The van der Waals surface area contributed by atoms with Crippen molar-refractivity contribution >= 4 is 29.5 Å². The summed E-state index contributed by atoms with van der Waals surface area (Å²) in [7, 11) is 0. The number of aromatic hydroxyl groups is 1. The zero-order valence-electron chi connectivity index (χ0n) is 22.4. The van der Waals surface area contributed by atoms with E-state index >= 15 is 0 Å². The summed E-state index contributed by atoms with van der Waals surface area (Å²) in [5.74, 6) is -2.16. The molecule has 3 rings (SSSR count). The fourth-order valence-corrected chi connectivity index (χ4v) is 4.14. The molecule has 0 saturated heterocycles. The predicted molar refractivity (Wildman–Crippen MR) is 142 cm³/mol. The van der Waals surface area contributed by atoms with Gasteiger partial charge >= 0.3 is 6.09 Å². The minimum Gasteiger partial charge on any atom is -0.507 e. The molecular weight excluding hydrogens is 488 g/mol. The first kappa shape index (κ1) is 28.5. The molecule has 1 aliphatic carbocycles. The van der Waals surface area contributed by atoms with Crippen LogP contribution in [-0.4, -0.2) is 51.5 Å². The average molecular weight is 525 g/mol. The van der Waals surface area contributed by atoms with Crippen LogP contribution in [0.3, 0.4) is 0 Å². The molecule has 4 amide bonds. The number of para-hydroxylation sites is 2. The molecule has 1 fully saturated rings. The van der Waals surface area contributed by atoms with Crippen LogP contribution in [0.4, 0.5) is 10.5 Å². The quantitative estimate of drug-likeness (QED) is 0.394. The Kier molecular flexibility index (Phi) is 8.65. The molecule has 204 valence electrons. The van der Waals surface area contributed by atoms with Crippen LogP contribution in [0.2, 0.25) is 0 Å². The van der Waals surface area contributed by atoms with Gasteiger partial charge in [0.1, 0.15) is 23.4 Å². The van der Waals surface area contributed by atoms with Gasteiger partial charge in [-0.05, 0) is 64.7 Å². The SMILES string of the molecule is Cc1ccccc1NC(=O)C(c1cccc(C)c1O)N(C(=O)C(CC(N)=O)NC(=O)OC(C)(C)C)C1CC1. The Morgan fingerprint density at radius 2 is 1.68 bits per heavy atom. The van der Waals surface area contributed by atoms with Gasteiger partial charge in [0.25, 0.3) is 5.91 Å². The van der Waals surface area contributed by atoms with Crippen LogP contribution in [0.15, 0.2) is 42.5 Å². The Morgan fingerprint density at radius 1 is 1.05 bits per heavy atom. The van der Waals surface area contributed by atoms with E-state index in [1.807, 2.05) is 19.1 Å². The number of phenolic OH excluding ortho intramolecular Hbond substituents is 1. The first-order chi connectivity index (χ1) is 17.8. The molecule has 5 N–H and O–H groups in total. The lowest BCUT2D eigenvalue weighted by Crippen LogP contribution is -2.54. The van der Waals surface area contributed by atoms with Crippen LogP contribution in [-0.2, 0) is 19.1 Å². The van der Waals surface area contributed by atoms with Crippen LogP contribution in [0.1, 0.15) is 62.8 Å². The topological polar surface area (TPSA) is 151 Å². The van der Waals surface area contributed by atoms with Crippen LogP contribution in [0, 0.1) is 13.8 Å². The number of rotatable bonds is 9. The highest BCUT2D eigenvalue weighted by Gasteiger charge is 2.45. The predicted octanol–water partition coefficient (Wildman–Crippen LogP) is 3.45. The summed E-state index contributed by atoms with van der Waals surface area (Å²) >= 11 is 0. The normalized spacial score (nSPS) is 14.7. The fraction of sp³-hybridized carbons (Fsp3) is 0.429. The lowest BCUT2D eigenvalue weighted by molar-refractivity contribution is -0.142. The van der Waals surface area contributed by atoms with Crippen molar-refractivity contribution in [2.24, 2.45) is 5.73 Å². The number of benzene rings is 2. The summed E-state index contributed by atoms with van der Waals surface area (Å²) in [4.78, 5) is 53.6. The van der Waals surface area contributed by atoms with Crippen molar-refractivity contribution in [1.82, 2.24) is 10.2 Å². The molecule has 0 aromatic heterocycles. The second-order valence-corrected chi connectivity index (χ2v) is 10.6. The van der Waals surface area contributed by atoms with Gasteiger partial charge in [0.2, 0.25) is 11.8 Å². The number of phenols is 1. The van der Waals surface area contributed by atoms with E-state index in [2.05, 4.69) is 10.6 Å². The number of anilines is 1. The monoisotopic (exact) mass is 524 g/mol. The van der Waals surface area contributed by atoms with Crippen molar-refractivity contribution in [3.63, 3.8) is 0 Å². The zero-order valence-corrected chi connectivity index (χ0v) is 22.4. The molecule has 1 aliphatic rings. The number of nitrogens with two attached hydrogens (primary N) is 1. The highest BCUT2D eigenvalue weighted by atomic mass is 16.6. The Hall–Kier alpha value is -4.08. The highest BCUT2D eigenvalue weighted by Crippen LogP contribution is 2.40. The summed E-state index contributed by atoms with van der Waals surface area (Å²) in [5, 5.41) is 16.3. The van der Waals surface area contributed by atoms with E-state index < -0.39 is 47.9 Å². The van der Waals surface area contributed by atoms with Gasteiger partial charge < -0.3 is 31.1 Å². The minimum absolute atomic E-state index is 0.123. The number of alkyl carbamates (subject to hydrolysis) is 1. The molecule has 2 unspecified atom stereocenters. The van der Waals surface area contributed by atoms with Crippen molar-refractivity contribution in [3.05, 3.63) is 59.2 Å². The molecule has 0 heterocycles. The maximum atomic E-state index is 14.0. The largest absolute Gasteiger partial charge is 0.507 e. The number of hydrogen-bond acceptors (Lipinski definition) is 6. The van der Waals surface area contributed by atoms with E-state index in [9.17, 15) is 24.3 Å². The maximum absolute atomic E-state index is 14.0. The van der Waals surface area contributed by atoms with E-state index in [1.54, 1.807) is 58.0 Å². The summed E-state index contributed by atoms with van der Waals surface area (Å²) in [6.45, 7) is 8.53. The number of aryl methyl sites for hydroxylation is 2. The van der Waals surface area contributed by atoms with Gasteiger partial charge in [-0.2, -0.15) is 0 Å². The highest BCUT2D eigenvalue weighted by molar-refractivity contribution is 6.00. The van der Waals surface area contributed by atoms with Gasteiger partial charge in [-0.3, -0.25) is 14.4 Å². The zero-order chi connectivity index (χ0) is 28.2. The molecule has 0 bridgehead atoms. The maximum Gasteiger partial charge on any atom is 0.408 e. The summed E-state index contributed by atoms with van der Waals surface area (Å²) in [6, 6.07) is 9.20. The Balaban J connectivity index is 2.05. The van der Waals surface area contributed by atoms with Gasteiger partial charge in [0.15, 0.2) is 0 Å². The van der Waals surface area contributed by atoms with Crippen LogP contribution in [0.5, 0.6) is 5.75 Å². The van der Waals surface area contributed by atoms with Crippen LogP contribution >= 0.6 is 0 Å². The smallest absolute Gasteiger partial charge is 0.408 e. The van der Waals surface area contributed by atoms with Crippen molar-refractivity contribution < 1.29 is 29.0 Å². The summed E-state index contributed by atoms with van der Waals surface area (Å²) in [5.41, 5.74) is 6.70. The fourth-order valence-electron chi connectivity index (χ4n) is 4.14. The molecule has 10 nitrogen and oxygen atoms in total. The number of hydrogen-bond donors (Lipinski definition) is 4. The molecule has 1 saturated carbocycles. The van der Waals surface area contributed by atoms with E-state index in [0.717, 1.165) is 5.56 Å². The van der Waals surface area contributed by atoms with Gasteiger partial charge in [-0.15, -0.1) is 0 Å². The average Bonchev–Trinajstić information content (AvgIpc) is 3.64. The lowest BCUT2D eigenvalue weighted by atomic mass is 9.98. The van der Waals surface area contributed by atoms with E-state index in [0.29, 0.717) is 24.1 Å². The van der Waals surface area contributed by atoms with Gasteiger partial charge in [0, 0.05) is 17.3 Å². The van der Waals surface area contributed by atoms with Gasteiger partial charge in [0.05, 0.1) is 6.42 Å².